The Kier molecular flexibility index (Phi) is 6.92. The summed E-state index contributed by atoms with van der Waals surface area (Å²) < 4.78 is 46.0. The Morgan fingerprint density at radius 2 is 2.04 bits per heavy atom. The highest BCUT2D eigenvalue weighted by Gasteiger charge is 2.31. The van der Waals surface area contributed by atoms with Crippen LogP contribution in [0.25, 0.3) is 0 Å². The van der Waals surface area contributed by atoms with Gasteiger partial charge in [0.15, 0.2) is 0 Å². The first-order valence-corrected chi connectivity index (χ1v) is 8.37. The average molecular weight is 360 g/mol. The molecule has 0 bridgehead atoms. The van der Waals surface area contributed by atoms with Gasteiger partial charge in [0.1, 0.15) is 11.9 Å². The van der Waals surface area contributed by atoms with Crippen LogP contribution in [0.2, 0.25) is 0 Å². The third-order valence-electron chi connectivity index (χ3n) is 3.98. The number of benzene rings is 1. The van der Waals surface area contributed by atoms with E-state index >= 15 is 0 Å². The van der Waals surface area contributed by atoms with Gasteiger partial charge in [-0.2, -0.15) is 0 Å². The second-order valence-electron chi connectivity index (χ2n) is 5.92. The van der Waals surface area contributed by atoms with Gasteiger partial charge in [0.2, 0.25) is 0 Å². The fraction of sp³-hybridized carbons (Fsp3) is 0.588. The summed E-state index contributed by atoms with van der Waals surface area (Å²) in [6, 6.07) is 6.05. The summed E-state index contributed by atoms with van der Waals surface area (Å²) in [5.41, 5.74) is 0.794. The van der Waals surface area contributed by atoms with Crippen molar-refractivity contribution in [2.24, 2.45) is 0 Å². The van der Waals surface area contributed by atoms with Crippen LogP contribution in [-0.4, -0.2) is 49.6 Å². The molecular formula is C17H23F3N2O3. The van der Waals surface area contributed by atoms with Crippen molar-refractivity contribution in [1.29, 1.82) is 0 Å². The fourth-order valence-corrected chi connectivity index (χ4v) is 2.77. The minimum atomic E-state index is -4.68. The van der Waals surface area contributed by atoms with Gasteiger partial charge in [-0.3, -0.25) is 0 Å². The summed E-state index contributed by atoms with van der Waals surface area (Å²) >= 11 is 0. The van der Waals surface area contributed by atoms with Gasteiger partial charge in [-0.05, 0) is 43.9 Å². The van der Waals surface area contributed by atoms with Gasteiger partial charge in [0.25, 0.3) is 0 Å². The summed E-state index contributed by atoms with van der Waals surface area (Å²) in [6.45, 7) is 4.70. The maximum atomic E-state index is 12.3. The normalized spacial score (nSPS) is 16.5. The van der Waals surface area contributed by atoms with E-state index in [0.717, 1.165) is 38.0 Å². The molecule has 1 aliphatic heterocycles. The second-order valence-corrected chi connectivity index (χ2v) is 5.92. The number of likely N-dealkylation sites (tertiary alicyclic amines) is 1. The van der Waals surface area contributed by atoms with Crippen LogP contribution in [-0.2, 0) is 11.2 Å². The predicted molar refractivity (Wildman–Crippen MR) is 86.4 cm³/mol. The monoisotopic (exact) mass is 360 g/mol. The molecule has 140 valence electrons. The zero-order chi connectivity index (χ0) is 18.3. The van der Waals surface area contributed by atoms with Crippen LogP contribution >= 0.6 is 0 Å². The zero-order valence-electron chi connectivity index (χ0n) is 14.1. The molecule has 25 heavy (non-hydrogen) atoms. The van der Waals surface area contributed by atoms with Gasteiger partial charge in [0, 0.05) is 26.2 Å². The number of halogens is 3. The van der Waals surface area contributed by atoms with E-state index in [9.17, 15) is 18.0 Å². The van der Waals surface area contributed by atoms with Gasteiger partial charge >= 0.3 is 12.5 Å². The van der Waals surface area contributed by atoms with Gasteiger partial charge < -0.3 is 19.7 Å². The summed E-state index contributed by atoms with van der Waals surface area (Å²) in [6.07, 6.45) is -2.99. The van der Waals surface area contributed by atoms with Crippen molar-refractivity contribution in [1.82, 2.24) is 10.2 Å². The number of carbonyl (C=O) groups is 1. The first-order chi connectivity index (χ1) is 11.9. The SMILES string of the molecule is CCNC(=O)OC1CCN(CCc2cccc(OC(F)(F)F)c2)CC1. The Labute approximate surface area is 145 Å². The Hall–Kier alpha value is -1.96. The van der Waals surface area contributed by atoms with E-state index in [2.05, 4.69) is 15.0 Å². The van der Waals surface area contributed by atoms with Crippen LogP contribution in [0.3, 0.4) is 0 Å². The molecular weight excluding hydrogens is 337 g/mol. The van der Waals surface area contributed by atoms with Gasteiger partial charge in [0.05, 0.1) is 0 Å². The number of alkyl carbamates (subject to hydrolysis) is 1. The van der Waals surface area contributed by atoms with Crippen molar-refractivity contribution in [3.63, 3.8) is 0 Å². The zero-order valence-corrected chi connectivity index (χ0v) is 14.1. The highest BCUT2D eigenvalue weighted by molar-refractivity contribution is 5.67. The summed E-state index contributed by atoms with van der Waals surface area (Å²) in [4.78, 5) is 13.6. The molecule has 0 aliphatic carbocycles. The second kappa shape index (κ2) is 8.94. The lowest BCUT2D eigenvalue weighted by molar-refractivity contribution is -0.274. The topological polar surface area (TPSA) is 50.8 Å². The number of hydrogen-bond acceptors (Lipinski definition) is 4. The summed E-state index contributed by atoms with van der Waals surface area (Å²) in [7, 11) is 0. The third kappa shape index (κ3) is 7.21. The molecule has 0 unspecified atom stereocenters. The van der Waals surface area contributed by atoms with Gasteiger partial charge in [-0.25, -0.2) is 4.79 Å². The van der Waals surface area contributed by atoms with Crippen LogP contribution < -0.4 is 10.1 Å². The Morgan fingerprint density at radius 1 is 1.32 bits per heavy atom. The lowest BCUT2D eigenvalue weighted by atomic mass is 10.1. The minimum Gasteiger partial charge on any atom is -0.446 e. The van der Waals surface area contributed by atoms with Crippen molar-refractivity contribution >= 4 is 6.09 Å². The smallest absolute Gasteiger partial charge is 0.446 e. The number of nitrogens with one attached hydrogen (secondary N) is 1. The summed E-state index contributed by atoms with van der Waals surface area (Å²) in [5, 5.41) is 2.61. The fourth-order valence-electron chi connectivity index (χ4n) is 2.77. The quantitative estimate of drug-likeness (QED) is 0.845. The van der Waals surface area contributed by atoms with E-state index in [4.69, 9.17) is 4.74 Å². The van der Waals surface area contributed by atoms with Crippen LogP contribution in [0.1, 0.15) is 25.3 Å². The number of ether oxygens (including phenoxy) is 2. The molecule has 8 heteroatoms. The molecule has 0 saturated carbocycles. The first kappa shape index (κ1) is 19.4. The van der Waals surface area contributed by atoms with E-state index in [0.29, 0.717) is 13.0 Å². The van der Waals surface area contributed by atoms with Crippen molar-refractivity contribution in [3.8, 4) is 5.75 Å². The Balaban J connectivity index is 1.74. The molecule has 1 N–H and O–H groups in total. The Bertz CT molecular complexity index is 558. The van der Waals surface area contributed by atoms with E-state index in [1.807, 2.05) is 6.92 Å². The molecule has 1 heterocycles. The van der Waals surface area contributed by atoms with E-state index in [1.165, 1.54) is 12.1 Å². The standard InChI is InChI=1S/C17H23F3N2O3/c1-2-21-16(23)24-14-7-10-22(11-8-14)9-6-13-4-3-5-15(12-13)25-17(18,19)20/h3-5,12,14H,2,6-11H2,1H3,(H,21,23). The average Bonchev–Trinajstić information content (AvgIpc) is 2.53. The molecule has 2 rings (SSSR count). The molecule has 0 aromatic heterocycles. The Morgan fingerprint density at radius 3 is 2.68 bits per heavy atom. The molecule has 0 spiro atoms. The number of hydrogen-bond donors (Lipinski definition) is 1. The van der Waals surface area contributed by atoms with Crippen molar-refractivity contribution < 1.29 is 27.4 Å². The maximum absolute atomic E-state index is 12.3. The molecule has 0 radical (unpaired) electrons. The lowest BCUT2D eigenvalue weighted by Crippen LogP contribution is -2.40. The number of nitrogens with zero attached hydrogens (tertiary/aromatic N) is 1. The van der Waals surface area contributed by atoms with Crippen molar-refractivity contribution in [3.05, 3.63) is 29.8 Å². The molecule has 1 aromatic rings. The number of piperidine rings is 1. The first-order valence-electron chi connectivity index (χ1n) is 8.37. The number of carbonyl (C=O) groups excluding carboxylic acids is 1. The van der Waals surface area contributed by atoms with Crippen molar-refractivity contribution in [2.75, 3.05) is 26.2 Å². The van der Waals surface area contributed by atoms with Gasteiger partial charge in [-0.1, -0.05) is 12.1 Å². The number of alkyl halides is 3. The maximum Gasteiger partial charge on any atom is 0.573 e. The molecule has 0 atom stereocenters. The molecule has 5 nitrogen and oxygen atoms in total. The summed E-state index contributed by atoms with van der Waals surface area (Å²) in [5.74, 6) is -0.195. The lowest BCUT2D eigenvalue weighted by Gasteiger charge is -2.31. The highest BCUT2D eigenvalue weighted by Crippen LogP contribution is 2.23. The van der Waals surface area contributed by atoms with E-state index in [-0.39, 0.29) is 17.9 Å². The molecule has 1 aromatic carbocycles. The van der Waals surface area contributed by atoms with Crippen LogP contribution in [0.15, 0.2) is 24.3 Å². The molecule has 1 saturated heterocycles. The largest absolute Gasteiger partial charge is 0.573 e. The van der Waals surface area contributed by atoms with E-state index < -0.39 is 6.36 Å². The number of rotatable bonds is 6. The molecule has 1 amide bonds. The van der Waals surface area contributed by atoms with Crippen LogP contribution in [0, 0.1) is 0 Å². The van der Waals surface area contributed by atoms with Crippen LogP contribution in [0.4, 0.5) is 18.0 Å². The minimum absolute atomic E-state index is 0.0775. The van der Waals surface area contributed by atoms with Crippen molar-refractivity contribution in [2.45, 2.75) is 38.7 Å². The number of amides is 1. The third-order valence-corrected chi connectivity index (χ3v) is 3.98. The molecule has 1 aliphatic rings. The van der Waals surface area contributed by atoms with Crippen LogP contribution in [0.5, 0.6) is 5.75 Å². The molecule has 1 fully saturated rings. The predicted octanol–water partition coefficient (Wildman–Crippen LogP) is 3.34. The van der Waals surface area contributed by atoms with Gasteiger partial charge in [-0.15, -0.1) is 13.2 Å². The van der Waals surface area contributed by atoms with E-state index in [1.54, 1.807) is 12.1 Å². The highest BCUT2D eigenvalue weighted by atomic mass is 19.4.